The summed E-state index contributed by atoms with van der Waals surface area (Å²) in [4.78, 5) is 8.63. The molecule has 1 saturated carbocycles. The monoisotopic (exact) mass is 288 g/mol. The van der Waals surface area contributed by atoms with Crippen molar-refractivity contribution in [2.45, 2.75) is 46.1 Å². The lowest BCUT2D eigenvalue weighted by molar-refractivity contribution is 0.104. The Morgan fingerprint density at radius 1 is 1.33 bits per heavy atom. The van der Waals surface area contributed by atoms with E-state index < -0.39 is 0 Å². The second kappa shape index (κ2) is 7.43. The number of pyridine rings is 1. The van der Waals surface area contributed by atoms with Crippen LogP contribution in [-0.2, 0) is 6.54 Å². The molecule has 21 heavy (non-hydrogen) atoms. The molecule has 0 saturated heterocycles. The van der Waals surface area contributed by atoms with Gasteiger partial charge < -0.3 is 10.6 Å². The Bertz CT molecular complexity index is 449. The van der Waals surface area contributed by atoms with Gasteiger partial charge in [0.25, 0.3) is 0 Å². The average Bonchev–Trinajstić information content (AvgIpc) is 2.45. The normalized spacial score (nSPS) is 17.4. The van der Waals surface area contributed by atoms with Crippen LogP contribution in [0.1, 0.15) is 45.2 Å². The molecule has 1 aliphatic carbocycles. The van der Waals surface area contributed by atoms with Crippen LogP contribution in [0.3, 0.4) is 0 Å². The average molecular weight is 288 g/mol. The van der Waals surface area contributed by atoms with Crippen LogP contribution in [0, 0.1) is 11.3 Å². The van der Waals surface area contributed by atoms with Crippen molar-refractivity contribution >= 4 is 5.96 Å². The highest BCUT2D eigenvalue weighted by Gasteiger charge is 2.37. The molecule has 2 N–H and O–H groups in total. The van der Waals surface area contributed by atoms with E-state index in [-0.39, 0.29) is 0 Å². The third-order valence-corrected chi connectivity index (χ3v) is 4.27. The van der Waals surface area contributed by atoms with E-state index in [1.54, 1.807) is 0 Å². The smallest absolute Gasteiger partial charge is 0.191 e. The first-order chi connectivity index (χ1) is 10.1. The first-order valence-corrected chi connectivity index (χ1v) is 7.98. The topological polar surface area (TPSA) is 49.3 Å². The van der Waals surface area contributed by atoms with Gasteiger partial charge in [-0.05, 0) is 42.7 Å². The molecule has 0 radical (unpaired) electrons. The molecule has 0 unspecified atom stereocenters. The lowest BCUT2D eigenvalue weighted by Gasteiger charge is -2.43. The molecule has 1 aliphatic rings. The van der Waals surface area contributed by atoms with Crippen molar-refractivity contribution in [3.63, 3.8) is 0 Å². The Labute approximate surface area is 128 Å². The zero-order chi connectivity index (χ0) is 15.1. The van der Waals surface area contributed by atoms with E-state index in [4.69, 9.17) is 0 Å². The maximum absolute atomic E-state index is 4.32. The van der Waals surface area contributed by atoms with E-state index in [2.05, 4.69) is 34.5 Å². The molecule has 0 bridgehead atoms. The number of aromatic nitrogens is 1. The molecule has 4 heteroatoms. The molecule has 0 atom stereocenters. The SMILES string of the molecule is CN=C(NCc1ccccn1)NCC1(CC(C)C)CCC1. The van der Waals surface area contributed by atoms with E-state index in [0.717, 1.165) is 24.1 Å². The van der Waals surface area contributed by atoms with Crippen molar-refractivity contribution in [1.82, 2.24) is 15.6 Å². The number of rotatable bonds is 6. The van der Waals surface area contributed by atoms with Crippen LogP contribution in [0.15, 0.2) is 29.4 Å². The highest BCUT2D eigenvalue weighted by molar-refractivity contribution is 5.79. The van der Waals surface area contributed by atoms with Gasteiger partial charge >= 0.3 is 0 Å². The molecule has 2 rings (SSSR count). The lowest BCUT2D eigenvalue weighted by atomic mass is 9.64. The Morgan fingerprint density at radius 3 is 2.67 bits per heavy atom. The third kappa shape index (κ3) is 4.73. The maximum Gasteiger partial charge on any atom is 0.191 e. The van der Waals surface area contributed by atoms with E-state index in [0.29, 0.717) is 12.0 Å². The first-order valence-electron chi connectivity index (χ1n) is 7.98. The molecule has 0 aromatic carbocycles. The Balaban J connectivity index is 1.80. The van der Waals surface area contributed by atoms with Crippen molar-refractivity contribution in [2.75, 3.05) is 13.6 Å². The predicted octanol–water partition coefficient (Wildman–Crippen LogP) is 2.96. The molecule has 0 aliphatic heterocycles. The van der Waals surface area contributed by atoms with Crippen LogP contribution in [0.4, 0.5) is 0 Å². The van der Waals surface area contributed by atoms with Gasteiger partial charge in [0.05, 0.1) is 12.2 Å². The second-order valence-corrected chi connectivity index (χ2v) is 6.55. The number of nitrogens with one attached hydrogen (secondary N) is 2. The molecular formula is C17H28N4. The van der Waals surface area contributed by atoms with Gasteiger partial charge in [-0.15, -0.1) is 0 Å². The largest absolute Gasteiger partial charge is 0.356 e. The number of hydrogen-bond donors (Lipinski definition) is 2. The van der Waals surface area contributed by atoms with E-state index >= 15 is 0 Å². The minimum Gasteiger partial charge on any atom is -0.356 e. The Kier molecular flexibility index (Phi) is 5.59. The van der Waals surface area contributed by atoms with Crippen molar-refractivity contribution in [3.8, 4) is 0 Å². The van der Waals surface area contributed by atoms with Crippen molar-refractivity contribution in [3.05, 3.63) is 30.1 Å². The zero-order valence-corrected chi connectivity index (χ0v) is 13.5. The summed E-state index contributed by atoms with van der Waals surface area (Å²) in [6, 6.07) is 5.96. The summed E-state index contributed by atoms with van der Waals surface area (Å²) in [5.74, 6) is 1.63. The number of guanidine groups is 1. The lowest BCUT2D eigenvalue weighted by Crippen LogP contribution is -2.46. The van der Waals surface area contributed by atoms with Crippen molar-refractivity contribution in [1.29, 1.82) is 0 Å². The third-order valence-electron chi connectivity index (χ3n) is 4.27. The van der Waals surface area contributed by atoms with Gasteiger partial charge in [0, 0.05) is 19.8 Å². The molecule has 0 amide bonds. The van der Waals surface area contributed by atoms with E-state index in [1.165, 1.54) is 25.7 Å². The van der Waals surface area contributed by atoms with Gasteiger partial charge in [-0.3, -0.25) is 9.98 Å². The number of aliphatic imine (C=N–C) groups is 1. The van der Waals surface area contributed by atoms with Crippen molar-refractivity contribution < 1.29 is 0 Å². The van der Waals surface area contributed by atoms with Gasteiger partial charge in [-0.1, -0.05) is 26.3 Å². The first kappa shape index (κ1) is 15.8. The maximum atomic E-state index is 4.32. The zero-order valence-electron chi connectivity index (χ0n) is 13.5. The molecule has 116 valence electrons. The predicted molar refractivity (Wildman–Crippen MR) is 88.2 cm³/mol. The summed E-state index contributed by atoms with van der Waals surface area (Å²) >= 11 is 0. The van der Waals surface area contributed by atoms with Crippen LogP contribution in [-0.4, -0.2) is 24.5 Å². The fourth-order valence-electron chi connectivity index (χ4n) is 3.16. The number of nitrogens with zero attached hydrogens (tertiary/aromatic N) is 2. The summed E-state index contributed by atoms with van der Waals surface area (Å²) in [6.45, 7) is 6.35. The van der Waals surface area contributed by atoms with Crippen molar-refractivity contribution in [2.24, 2.45) is 16.3 Å². The fraction of sp³-hybridized carbons (Fsp3) is 0.647. The quantitative estimate of drug-likeness (QED) is 0.625. The highest BCUT2D eigenvalue weighted by atomic mass is 15.2. The van der Waals surface area contributed by atoms with Crippen LogP contribution < -0.4 is 10.6 Å². The van der Waals surface area contributed by atoms with Gasteiger partial charge in [0.15, 0.2) is 5.96 Å². The molecule has 0 spiro atoms. The molecule has 4 nitrogen and oxygen atoms in total. The molecule has 1 heterocycles. The van der Waals surface area contributed by atoms with Crippen LogP contribution in [0.2, 0.25) is 0 Å². The standard InChI is InChI=1S/C17H28N4/c1-14(2)11-17(8-6-9-17)13-21-16(18-3)20-12-15-7-4-5-10-19-15/h4-5,7,10,14H,6,8-9,11-13H2,1-3H3,(H2,18,20,21). The highest BCUT2D eigenvalue weighted by Crippen LogP contribution is 2.45. The minimum atomic E-state index is 0.483. The summed E-state index contributed by atoms with van der Waals surface area (Å²) in [5, 5.41) is 6.84. The molecular weight excluding hydrogens is 260 g/mol. The Hall–Kier alpha value is -1.58. The second-order valence-electron chi connectivity index (χ2n) is 6.55. The summed E-state index contributed by atoms with van der Waals surface area (Å²) < 4.78 is 0. The fourth-order valence-corrected chi connectivity index (χ4v) is 3.16. The minimum absolute atomic E-state index is 0.483. The Morgan fingerprint density at radius 2 is 2.14 bits per heavy atom. The summed E-state index contributed by atoms with van der Waals surface area (Å²) in [6.07, 6.45) is 7.18. The van der Waals surface area contributed by atoms with E-state index in [1.807, 2.05) is 31.4 Å². The van der Waals surface area contributed by atoms with Crippen LogP contribution in [0.25, 0.3) is 0 Å². The van der Waals surface area contributed by atoms with Crippen LogP contribution >= 0.6 is 0 Å². The van der Waals surface area contributed by atoms with E-state index in [9.17, 15) is 0 Å². The summed E-state index contributed by atoms with van der Waals surface area (Å²) in [5.41, 5.74) is 1.51. The summed E-state index contributed by atoms with van der Waals surface area (Å²) in [7, 11) is 1.82. The van der Waals surface area contributed by atoms with Gasteiger partial charge in [0.1, 0.15) is 0 Å². The molecule has 1 fully saturated rings. The molecule has 1 aromatic rings. The van der Waals surface area contributed by atoms with Gasteiger partial charge in [0.2, 0.25) is 0 Å². The molecule has 1 aromatic heterocycles. The van der Waals surface area contributed by atoms with Gasteiger partial charge in [-0.25, -0.2) is 0 Å². The number of hydrogen-bond acceptors (Lipinski definition) is 2. The van der Waals surface area contributed by atoms with Gasteiger partial charge in [-0.2, -0.15) is 0 Å². The van der Waals surface area contributed by atoms with Crippen LogP contribution in [0.5, 0.6) is 0 Å².